The number of nitrogens with one attached hydrogen (secondary N) is 1. The van der Waals surface area contributed by atoms with E-state index in [1.54, 1.807) is 0 Å². The molecule has 5 N–H and O–H groups in total. The van der Waals surface area contributed by atoms with E-state index in [0.29, 0.717) is 5.82 Å². The SMILES string of the molecule is CCc1nc(C)[nH]c1-c1nc(N)nc(N)n1. The first-order chi connectivity index (χ1) is 7.60. The fourth-order valence-electron chi connectivity index (χ4n) is 1.50. The molecule has 0 radical (unpaired) electrons. The van der Waals surface area contributed by atoms with E-state index in [0.717, 1.165) is 23.6 Å². The smallest absolute Gasteiger partial charge is 0.225 e. The van der Waals surface area contributed by atoms with Crippen LogP contribution in [0.3, 0.4) is 0 Å². The van der Waals surface area contributed by atoms with Crippen LogP contribution in [0.1, 0.15) is 18.4 Å². The van der Waals surface area contributed by atoms with Crippen LogP contribution in [0.5, 0.6) is 0 Å². The maximum Gasteiger partial charge on any atom is 0.225 e. The minimum Gasteiger partial charge on any atom is -0.368 e. The summed E-state index contributed by atoms with van der Waals surface area (Å²) in [5.74, 6) is 1.46. The van der Waals surface area contributed by atoms with Crippen molar-refractivity contribution < 1.29 is 0 Å². The van der Waals surface area contributed by atoms with Crippen LogP contribution in [-0.2, 0) is 6.42 Å². The fraction of sp³-hybridized carbons (Fsp3) is 0.333. The monoisotopic (exact) mass is 219 g/mol. The molecule has 84 valence electrons. The molecule has 0 fully saturated rings. The summed E-state index contributed by atoms with van der Waals surface area (Å²) in [4.78, 5) is 19.2. The number of nitrogens with zero attached hydrogens (tertiary/aromatic N) is 4. The number of anilines is 2. The Morgan fingerprint density at radius 3 is 2.25 bits per heavy atom. The van der Waals surface area contributed by atoms with Gasteiger partial charge < -0.3 is 16.5 Å². The van der Waals surface area contributed by atoms with Gasteiger partial charge in [-0.3, -0.25) is 0 Å². The molecule has 0 aromatic carbocycles. The highest BCUT2D eigenvalue weighted by atomic mass is 15.2. The van der Waals surface area contributed by atoms with E-state index in [1.165, 1.54) is 0 Å². The maximum absolute atomic E-state index is 5.52. The normalized spacial score (nSPS) is 10.6. The first-order valence-corrected chi connectivity index (χ1v) is 4.93. The quantitative estimate of drug-likeness (QED) is 0.668. The van der Waals surface area contributed by atoms with E-state index in [2.05, 4.69) is 24.9 Å². The summed E-state index contributed by atoms with van der Waals surface area (Å²) < 4.78 is 0. The second-order valence-electron chi connectivity index (χ2n) is 3.37. The molecule has 0 bridgehead atoms. The lowest BCUT2D eigenvalue weighted by molar-refractivity contribution is 1.03. The van der Waals surface area contributed by atoms with Crippen molar-refractivity contribution in [2.45, 2.75) is 20.3 Å². The number of aromatic amines is 1. The van der Waals surface area contributed by atoms with E-state index >= 15 is 0 Å². The lowest BCUT2D eigenvalue weighted by atomic mass is 10.2. The van der Waals surface area contributed by atoms with E-state index < -0.39 is 0 Å². The van der Waals surface area contributed by atoms with E-state index in [1.807, 2.05) is 13.8 Å². The Morgan fingerprint density at radius 1 is 1.06 bits per heavy atom. The van der Waals surface area contributed by atoms with Gasteiger partial charge in [-0.05, 0) is 13.3 Å². The van der Waals surface area contributed by atoms with Crippen LogP contribution in [0.4, 0.5) is 11.9 Å². The van der Waals surface area contributed by atoms with Gasteiger partial charge in [-0.1, -0.05) is 6.92 Å². The van der Waals surface area contributed by atoms with Crippen LogP contribution in [-0.4, -0.2) is 24.9 Å². The highest BCUT2D eigenvalue weighted by Crippen LogP contribution is 2.19. The first kappa shape index (κ1) is 10.3. The van der Waals surface area contributed by atoms with E-state index in [4.69, 9.17) is 11.5 Å². The molecule has 0 saturated heterocycles. The third-order valence-electron chi connectivity index (χ3n) is 2.13. The molecule has 0 atom stereocenters. The summed E-state index contributed by atoms with van der Waals surface area (Å²) in [6.07, 6.45) is 0.783. The molecule has 0 unspecified atom stereocenters. The van der Waals surface area contributed by atoms with Crippen molar-refractivity contribution in [1.82, 2.24) is 24.9 Å². The van der Waals surface area contributed by atoms with Crippen molar-refractivity contribution in [3.63, 3.8) is 0 Å². The highest BCUT2D eigenvalue weighted by molar-refractivity contribution is 5.55. The van der Waals surface area contributed by atoms with Crippen molar-refractivity contribution >= 4 is 11.9 Å². The first-order valence-electron chi connectivity index (χ1n) is 4.93. The Morgan fingerprint density at radius 2 is 1.69 bits per heavy atom. The average Bonchev–Trinajstić information content (AvgIpc) is 2.58. The van der Waals surface area contributed by atoms with Crippen molar-refractivity contribution in [2.75, 3.05) is 11.5 Å². The van der Waals surface area contributed by atoms with E-state index in [9.17, 15) is 0 Å². The van der Waals surface area contributed by atoms with Gasteiger partial charge in [0.2, 0.25) is 11.9 Å². The van der Waals surface area contributed by atoms with Crippen LogP contribution in [0.25, 0.3) is 11.5 Å². The molecule has 16 heavy (non-hydrogen) atoms. The Balaban J connectivity index is 2.57. The zero-order chi connectivity index (χ0) is 11.7. The summed E-state index contributed by atoms with van der Waals surface area (Å²) in [5, 5.41) is 0. The third kappa shape index (κ3) is 1.79. The third-order valence-corrected chi connectivity index (χ3v) is 2.13. The minimum atomic E-state index is 0.108. The molecule has 2 rings (SSSR count). The van der Waals surface area contributed by atoms with Gasteiger partial charge in [-0.15, -0.1) is 0 Å². The number of aryl methyl sites for hydroxylation is 2. The van der Waals surface area contributed by atoms with Gasteiger partial charge in [0, 0.05) is 0 Å². The van der Waals surface area contributed by atoms with Crippen LogP contribution < -0.4 is 11.5 Å². The molecule has 2 aromatic rings. The van der Waals surface area contributed by atoms with Gasteiger partial charge in [0.05, 0.1) is 5.69 Å². The molecule has 0 amide bonds. The summed E-state index contributed by atoms with van der Waals surface area (Å²) >= 11 is 0. The Bertz CT molecular complexity index is 496. The van der Waals surface area contributed by atoms with Gasteiger partial charge in [0.15, 0.2) is 5.82 Å². The van der Waals surface area contributed by atoms with Crippen molar-refractivity contribution in [2.24, 2.45) is 0 Å². The zero-order valence-electron chi connectivity index (χ0n) is 9.15. The highest BCUT2D eigenvalue weighted by Gasteiger charge is 2.13. The van der Waals surface area contributed by atoms with Crippen molar-refractivity contribution in [3.05, 3.63) is 11.5 Å². The molecule has 2 heterocycles. The number of aromatic nitrogens is 5. The molecule has 0 aliphatic rings. The predicted octanol–water partition coefficient (Wildman–Crippen LogP) is 0.297. The number of H-pyrrole nitrogens is 1. The number of imidazole rings is 1. The van der Waals surface area contributed by atoms with Crippen molar-refractivity contribution in [3.8, 4) is 11.5 Å². The number of nitrogen functional groups attached to an aromatic ring is 2. The van der Waals surface area contributed by atoms with Gasteiger partial charge in [-0.2, -0.15) is 15.0 Å². The van der Waals surface area contributed by atoms with Crippen molar-refractivity contribution in [1.29, 1.82) is 0 Å². The molecule has 7 nitrogen and oxygen atoms in total. The summed E-state index contributed by atoms with van der Waals surface area (Å²) in [6, 6.07) is 0. The van der Waals surface area contributed by atoms with Gasteiger partial charge >= 0.3 is 0 Å². The van der Waals surface area contributed by atoms with Gasteiger partial charge in [0.25, 0.3) is 0 Å². The van der Waals surface area contributed by atoms with Crippen LogP contribution in [0.2, 0.25) is 0 Å². The van der Waals surface area contributed by atoms with E-state index in [-0.39, 0.29) is 11.9 Å². The Labute approximate surface area is 92.4 Å². The second kappa shape index (κ2) is 3.76. The average molecular weight is 219 g/mol. The number of nitrogens with two attached hydrogens (primary N) is 2. The molecular formula is C9H13N7. The Kier molecular flexibility index (Phi) is 2.43. The second-order valence-corrected chi connectivity index (χ2v) is 3.37. The molecular weight excluding hydrogens is 206 g/mol. The molecule has 0 spiro atoms. The molecule has 7 heteroatoms. The van der Waals surface area contributed by atoms with Crippen LogP contribution in [0, 0.1) is 6.92 Å². The number of rotatable bonds is 2. The van der Waals surface area contributed by atoms with Crippen LogP contribution >= 0.6 is 0 Å². The van der Waals surface area contributed by atoms with Crippen LogP contribution in [0.15, 0.2) is 0 Å². The summed E-state index contributed by atoms with van der Waals surface area (Å²) in [6.45, 7) is 3.88. The number of hydrogen-bond acceptors (Lipinski definition) is 6. The topological polar surface area (TPSA) is 119 Å². The standard InChI is InChI=1S/C9H13N7/c1-3-5-6(13-4(2)12-5)7-14-8(10)16-9(11)15-7/h3H2,1-2H3,(H,12,13)(H4,10,11,14,15,16). The van der Waals surface area contributed by atoms with Gasteiger partial charge in [-0.25, -0.2) is 4.98 Å². The maximum atomic E-state index is 5.52. The predicted molar refractivity (Wildman–Crippen MR) is 60.3 cm³/mol. The summed E-state index contributed by atoms with van der Waals surface area (Å²) in [5.41, 5.74) is 12.7. The van der Waals surface area contributed by atoms with Gasteiger partial charge in [0.1, 0.15) is 11.5 Å². The lowest BCUT2D eigenvalue weighted by Crippen LogP contribution is -2.05. The summed E-state index contributed by atoms with van der Waals surface area (Å²) in [7, 11) is 0. The fourth-order valence-corrected chi connectivity index (χ4v) is 1.50. The Hall–Kier alpha value is -2.18. The minimum absolute atomic E-state index is 0.108. The molecule has 0 saturated carbocycles. The largest absolute Gasteiger partial charge is 0.368 e. The molecule has 0 aliphatic heterocycles. The lowest BCUT2D eigenvalue weighted by Gasteiger charge is -2.01. The molecule has 0 aliphatic carbocycles. The number of hydrogen-bond donors (Lipinski definition) is 3. The molecule has 2 aromatic heterocycles. The zero-order valence-corrected chi connectivity index (χ0v) is 9.15.